The van der Waals surface area contributed by atoms with Gasteiger partial charge in [0, 0.05) is 49.4 Å². The molecule has 5 nitrogen and oxygen atoms in total. The molecule has 1 aliphatic rings. The van der Waals surface area contributed by atoms with Crippen LogP contribution in [0.5, 0.6) is 0 Å². The van der Waals surface area contributed by atoms with Gasteiger partial charge in [0.05, 0.1) is 0 Å². The van der Waals surface area contributed by atoms with Gasteiger partial charge in [0.15, 0.2) is 5.82 Å². The number of aryl methyl sites for hydroxylation is 2. The molecule has 0 radical (unpaired) electrons. The molecule has 0 aliphatic carbocycles. The van der Waals surface area contributed by atoms with Crippen LogP contribution in [0, 0.1) is 26.2 Å². The van der Waals surface area contributed by atoms with Crippen molar-refractivity contribution in [1.82, 2.24) is 14.9 Å². The molecule has 3 rings (SSSR count). The third kappa shape index (κ3) is 4.70. The van der Waals surface area contributed by atoms with Gasteiger partial charge in [-0.15, -0.1) is 0 Å². The van der Waals surface area contributed by atoms with E-state index < -0.39 is 0 Å². The molecule has 0 N–H and O–H groups in total. The summed E-state index contributed by atoms with van der Waals surface area (Å²) >= 11 is 0. The van der Waals surface area contributed by atoms with Crippen molar-refractivity contribution in [3.05, 3.63) is 41.1 Å². The quantitative estimate of drug-likeness (QED) is 0.802. The van der Waals surface area contributed by atoms with E-state index in [1.54, 1.807) is 0 Å². The SMILES string of the molecule is Cc1ccc(-c2nc(C)c(C)c(N3CCN(C(=O)CC(C)(C)C)CC3)n2)cc1. The molecule has 150 valence electrons. The van der Waals surface area contributed by atoms with Crippen molar-refractivity contribution in [3.63, 3.8) is 0 Å². The molecule has 1 saturated heterocycles. The van der Waals surface area contributed by atoms with Crippen LogP contribution in [0.15, 0.2) is 24.3 Å². The molecular formula is C23H32N4O. The molecule has 2 aromatic rings. The van der Waals surface area contributed by atoms with E-state index in [0.29, 0.717) is 6.42 Å². The predicted octanol–water partition coefficient (Wildman–Crippen LogP) is 4.15. The van der Waals surface area contributed by atoms with Gasteiger partial charge in [-0.3, -0.25) is 4.79 Å². The number of hydrogen-bond donors (Lipinski definition) is 0. The van der Waals surface area contributed by atoms with Crippen molar-refractivity contribution >= 4 is 11.7 Å². The minimum atomic E-state index is 0.0253. The van der Waals surface area contributed by atoms with Crippen LogP contribution in [0.2, 0.25) is 0 Å². The van der Waals surface area contributed by atoms with Crippen LogP contribution in [-0.2, 0) is 4.79 Å². The van der Waals surface area contributed by atoms with E-state index in [9.17, 15) is 4.79 Å². The summed E-state index contributed by atoms with van der Waals surface area (Å²) in [5.74, 6) is 2.01. The van der Waals surface area contributed by atoms with Crippen LogP contribution in [0.3, 0.4) is 0 Å². The zero-order valence-electron chi connectivity index (χ0n) is 18.0. The lowest BCUT2D eigenvalue weighted by Gasteiger charge is -2.37. The Morgan fingerprint density at radius 1 is 0.964 bits per heavy atom. The summed E-state index contributed by atoms with van der Waals surface area (Å²) in [6.45, 7) is 15.6. The summed E-state index contributed by atoms with van der Waals surface area (Å²) in [6, 6.07) is 8.33. The number of carbonyl (C=O) groups excluding carboxylic acids is 1. The first kappa shape index (κ1) is 20.3. The third-order valence-corrected chi connectivity index (χ3v) is 5.29. The topological polar surface area (TPSA) is 49.3 Å². The highest BCUT2D eigenvalue weighted by Gasteiger charge is 2.26. The summed E-state index contributed by atoms with van der Waals surface area (Å²) in [5.41, 5.74) is 4.41. The average molecular weight is 381 g/mol. The number of amides is 1. The first-order valence-electron chi connectivity index (χ1n) is 10.1. The van der Waals surface area contributed by atoms with Gasteiger partial charge in [-0.05, 0) is 26.2 Å². The molecule has 28 heavy (non-hydrogen) atoms. The Morgan fingerprint density at radius 3 is 2.14 bits per heavy atom. The number of nitrogens with zero attached hydrogens (tertiary/aromatic N) is 4. The Hall–Kier alpha value is -2.43. The highest BCUT2D eigenvalue weighted by atomic mass is 16.2. The highest BCUT2D eigenvalue weighted by Crippen LogP contribution is 2.26. The maximum Gasteiger partial charge on any atom is 0.223 e. The zero-order chi connectivity index (χ0) is 20.5. The first-order chi connectivity index (χ1) is 13.1. The summed E-state index contributed by atoms with van der Waals surface area (Å²) in [6.07, 6.45) is 0.593. The Morgan fingerprint density at radius 2 is 1.57 bits per heavy atom. The van der Waals surface area contributed by atoms with Gasteiger partial charge >= 0.3 is 0 Å². The van der Waals surface area contributed by atoms with E-state index in [1.165, 1.54) is 5.56 Å². The summed E-state index contributed by atoms with van der Waals surface area (Å²) in [7, 11) is 0. The lowest BCUT2D eigenvalue weighted by molar-refractivity contribution is -0.133. The van der Waals surface area contributed by atoms with Crippen molar-refractivity contribution in [2.75, 3.05) is 31.1 Å². The molecule has 0 atom stereocenters. The van der Waals surface area contributed by atoms with Crippen LogP contribution in [0.4, 0.5) is 5.82 Å². The van der Waals surface area contributed by atoms with Crippen LogP contribution in [0.25, 0.3) is 11.4 Å². The molecule has 1 fully saturated rings. The Balaban J connectivity index is 1.77. The number of hydrogen-bond acceptors (Lipinski definition) is 4. The monoisotopic (exact) mass is 380 g/mol. The standard InChI is InChI=1S/C23H32N4O/c1-16-7-9-19(10-8-16)21-24-18(3)17(2)22(25-21)27-13-11-26(12-14-27)20(28)15-23(4,5)6/h7-10H,11-15H2,1-6H3. The average Bonchev–Trinajstić information content (AvgIpc) is 2.63. The fourth-order valence-corrected chi connectivity index (χ4v) is 3.49. The minimum absolute atomic E-state index is 0.0253. The smallest absolute Gasteiger partial charge is 0.223 e. The van der Waals surface area contributed by atoms with Gasteiger partial charge in [-0.1, -0.05) is 50.6 Å². The molecule has 0 saturated carbocycles. The molecule has 2 heterocycles. The summed E-state index contributed by atoms with van der Waals surface area (Å²) in [4.78, 5) is 26.4. The summed E-state index contributed by atoms with van der Waals surface area (Å²) < 4.78 is 0. The highest BCUT2D eigenvalue weighted by molar-refractivity contribution is 5.77. The van der Waals surface area contributed by atoms with Gasteiger partial charge in [-0.2, -0.15) is 0 Å². The van der Waals surface area contributed by atoms with Crippen LogP contribution < -0.4 is 4.90 Å². The van der Waals surface area contributed by atoms with E-state index in [1.807, 2.05) is 11.8 Å². The van der Waals surface area contributed by atoms with E-state index in [4.69, 9.17) is 9.97 Å². The predicted molar refractivity (Wildman–Crippen MR) is 115 cm³/mol. The fourth-order valence-electron chi connectivity index (χ4n) is 3.49. The normalized spacial score (nSPS) is 15.1. The largest absolute Gasteiger partial charge is 0.353 e. The molecule has 0 unspecified atom stereocenters. The van der Waals surface area contributed by atoms with Crippen molar-refractivity contribution in [3.8, 4) is 11.4 Å². The Kier molecular flexibility index (Phi) is 5.73. The second kappa shape index (κ2) is 7.90. The van der Waals surface area contributed by atoms with Crippen LogP contribution in [-0.4, -0.2) is 47.0 Å². The number of anilines is 1. The van der Waals surface area contributed by atoms with Crippen LogP contribution >= 0.6 is 0 Å². The second-order valence-corrected chi connectivity index (χ2v) is 9.05. The fraction of sp³-hybridized carbons (Fsp3) is 0.522. The maximum atomic E-state index is 12.5. The molecule has 0 bridgehead atoms. The van der Waals surface area contributed by atoms with Gasteiger partial charge in [0.1, 0.15) is 5.82 Å². The summed E-state index contributed by atoms with van der Waals surface area (Å²) in [5, 5.41) is 0. The molecule has 1 aromatic carbocycles. The van der Waals surface area contributed by atoms with E-state index in [2.05, 4.69) is 63.8 Å². The zero-order valence-corrected chi connectivity index (χ0v) is 18.0. The van der Waals surface area contributed by atoms with Gasteiger partial charge < -0.3 is 9.80 Å². The molecule has 0 spiro atoms. The Labute approximate surface area is 168 Å². The molecule has 1 aromatic heterocycles. The van der Waals surface area contributed by atoms with E-state index in [-0.39, 0.29) is 11.3 Å². The van der Waals surface area contributed by atoms with Crippen molar-refractivity contribution in [1.29, 1.82) is 0 Å². The van der Waals surface area contributed by atoms with Crippen LogP contribution in [0.1, 0.15) is 44.0 Å². The Bertz CT molecular complexity index is 844. The maximum absolute atomic E-state index is 12.5. The number of rotatable bonds is 3. The second-order valence-electron chi connectivity index (χ2n) is 9.05. The number of piperazine rings is 1. The molecule has 1 amide bonds. The molecule has 5 heteroatoms. The van der Waals surface area contributed by atoms with E-state index in [0.717, 1.165) is 54.6 Å². The van der Waals surface area contributed by atoms with Crippen molar-refractivity contribution in [2.24, 2.45) is 5.41 Å². The lowest BCUT2D eigenvalue weighted by Crippen LogP contribution is -2.49. The molecular weight excluding hydrogens is 348 g/mol. The van der Waals surface area contributed by atoms with Crippen molar-refractivity contribution < 1.29 is 4.79 Å². The number of benzene rings is 1. The van der Waals surface area contributed by atoms with Gasteiger partial charge in [-0.25, -0.2) is 9.97 Å². The number of aromatic nitrogens is 2. The number of carbonyl (C=O) groups is 1. The first-order valence-corrected chi connectivity index (χ1v) is 10.1. The molecule has 1 aliphatic heterocycles. The minimum Gasteiger partial charge on any atom is -0.353 e. The van der Waals surface area contributed by atoms with Crippen molar-refractivity contribution in [2.45, 2.75) is 48.0 Å². The van der Waals surface area contributed by atoms with Gasteiger partial charge in [0.25, 0.3) is 0 Å². The third-order valence-electron chi connectivity index (χ3n) is 5.29. The lowest BCUT2D eigenvalue weighted by atomic mass is 9.91. The van der Waals surface area contributed by atoms with Gasteiger partial charge in [0.2, 0.25) is 5.91 Å². The van der Waals surface area contributed by atoms with E-state index >= 15 is 0 Å².